The van der Waals surface area contributed by atoms with E-state index in [9.17, 15) is 9.90 Å². The Bertz CT molecular complexity index is 592. The first-order chi connectivity index (χ1) is 10.7. The molecule has 24 heavy (non-hydrogen) atoms. The standard InChI is InChI=1S/C20H32N2O2/c1-18(2,3)15-10-14(11-16(17(15)24)19(4,5)6)12-21-22(13-23)20(7,8)9/h10-13,24H,1-9H3. The molecule has 0 saturated heterocycles. The lowest BCUT2D eigenvalue weighted by Crippen LogP contribution is -2.36. The van der Waals surface area contributed by atoms with Gasteiger partial charge in [0.2, 0.25) is 6.41 Å². The van der Waals surface area contributed by atoms with Crippen LogP contribution in [-0.2, 0) is 15.6 Å². The average Bonchev–Trinajstić information content (AvgIpc) is 2.36. The fourth-order valence-corrected chi connectivity index (χ4v) is 2.36. The van der Waals surface area contributed by atoms with Crippen LogP contribution in [0.5, 0.6) is 5.75 Å². The fraction of sp³-hybridized carbons (Fsp3) is 0.600. The van der Waals surface area contributed by atoms with Gasteiger partial charge in [-0.3, -0.25) is 4.79 Å². The SMILES string of the molecule is CC(C)(C)c1cc(C=NN(C=O)C(C)(C)C)cc(C(C)(C)C)c1O. The number of nitrogens with zero attached hydrogens (tertiary/aromatic N) is 2. The highest BCUT2D eigenvalue weighted by Gasteiger charge is 2.26. The number of hydrogen-bond donors (Lipinski definition) is 1. The molecular formula is C20H32N2O2. The van der Waals surface area contributed by atoms with Gasteiger partial charge in [0.1, 0.15) is 5.75 Å². The van der Waals surface area contributed by atoms with Crippen LogP contribution in [0.25, 0.3) is 0 Å². The van der Waals surface area contributed by atoms with E-state index in [1.807, 2.05) is 32.9 Å². The monoisotopic (exact) mass is 332 g/mol. The van der Waals surface area contributed by atoms with E-state index in [1.165, 1.54) is 5.01 Å². The van der Waals surface area contributed by atoms with Gasteiger partial charge < -0.3 is 5.11 Å². The van der Waals surface area contributed by atoms with Crippen molar-refractivity contribution in [2.45, 2.75) is 78.7 Å². The van der Waals surface area contributed by atoms with Crippen molar-refractivity contribution in [2.75, 3.05) is 0 Å². The smallest absolute Gasteiger partial charge is 0.230 e. The van der Waals surface area contributed by atoms with E-state index in [4.69, 9.17) is 0 Å². The first-order valence-corrected chi connectivity index (χ1v) is 8.34. The van der Waals surface area contributed by atoms with Gasteiger partial charge in [0.25, 0.3) is 0 Å². The predicted octanol–water partition coefficient (Wildman–Crippen LogP) is 4.58. The maximum atomic E-state index is 11.3. The normalized spacial score (nSPS) is 13.4. The lowest BCUT2D eigenvalue weighted by atomic mass is 9.78. The molecule has 1 N–H and O–H groups in total. The van der Waals surface area contributed by atoms with Gasteiger partial charge in [0.15, 0.2) is 0 Å². The van der Waals surface area contributed by atoms with Crippen molar-refractivity contribution in [1.29, 1.82) is 0 Å². The van der Waals surface area contributed by atoms with E-state index in [-0.39, 0.29) is 16.4 Å². The number of benzene rings is 1. The third-order valence-corrected chi connectivity index (χ3v) is 3.87. The highest BCUT2D eigenvalue weighted by Crippen LogP contribution is 2.39. The Hall–Kier alpha value is -1.84. The average molecular weight is 332 g/mol. The van der Waals surface area contributed by atoms with Crippen LogP contribution in [0.1, 0.15) is 79.0 Å². The summed E-state index contributed by atoms with van der Waals surface area (Å²) >= 11 is 0. The Kier molecular flexibility index (Phi) is 5.54. The lowest BCUT2D eigenvalue weighted by Gasteiger charge is -2.28. The van der Waals surface area contributed by atoms with Crippen molar-refractivity contribution in [3.8, 4) is 5.75 Å². The first-order valence-electron chi connectivity index (χ1n) is 8.34. The second-order valence-electron chi connectivity index (χ2n) is 9.33. The van der Waals surface area contributed by atoms with Crippen molar-refractivity contribution in [3.63, 3.8) is 0 Å². The highest BCUT2D eigenvalue weighted by molar-refractivity contribution is 5.82. The number of phenolic OH excluding ortho intramolecular Hbond substituents is 1. The molecule has 0 saturated carbocycles. The third kappa shape index (κ3) is 4.83. The maximum Gasteiger partial charge on any atom is 0.230 e. The van der Waals surface area contributed by atoms with E-state index in [0.29, 0.717) is 5.75 Å². The number of rotatable bonds is 3. The Balaban J connectivity index is 3.47. The predicted molar refractivity (Wildman–Crippen MR) is 101 cm³/mol. The molecule has 0 bridgehead atoms. The zero-order chi connectivity index (χ0) is 18.9. The summed E-state index contributed by atoms with van der Waals surface area (Å²) < 4.78 is 0. The van der Waals surface area contributed by atoms with Crippen LogP contribution in [0, 0.1) is 0 Å². The molecule has 0 unspecified atom stereocenters. The number of carbonyl (C=O) groups excluding carboxylic acids is 1. The van der Waals surface area contributed by atoms with Crippen LogP contribution in [0.2, 0.25) is 0 Å². The molecule has 4 heteroatoms. The van der Waals surface area contributed by atoms with E-state index in [2.05, 4.69) is 46.6 Å². The Labute approximate surface area is 146 Å². The molecule has 0 heterocycles. The fourth-order valence-electron chi connectivity index (χ4n) is 2.36. The molecular weight excluding hydrogens is 300 g/mol. The highest BCUT2D eigenvalue weighted by atomic mass is 16.3. The Morgan fingerprint density at radius 2 is 1.33 bits per heavy atom. The molecule has 1 rings (SSSR count). The van der Waals surface area contributed by atoms with E-state index in [1.54, 1.807) is 6.21 Å². The minimum absolute atomic E-state index is 0.192. The number of aromatic hydroxyl groups is 1. The van der Waals surface area contributed by atoms with Crippen LogP contribution in [0.4, 0.5) is 0 Å². The van der Waals surface area contributed by atoms with Crippen LogP contribution < -0.4 is 0 Å². The van der Waals surface area contributed by atoms with Gasteiger partial charge in [-0.1, -0.05) is 41.5 Å². The Morgan fingerprint density at radius 3 is 1.62 bits per heavy atom. The minimum Gasteiger partial charge on any atom is -0.507 e. The summed E-state index contributed by atoms with van der Waals surface area (Å²) in [5.74, 6) is 0.343. The third-order valence-electron chi connectivity index (χ3n) is 3.87. The summed E-state index contributed by atoms with van der Waals surface area (Å²) in [6.07, 6.45) is 2.41. The van der Waals surface area contributed by atoms with Gasteiger partial charge in [-0.05, 0) is 49.3 Å². The van der Waals surface area contributed by atoms with Crippen molar-refractivity contribution in [2.24, 2.45) is 5.10 Å². The van der Waals surface area contributed by atoms with Gasteiger partial charge in [-0.25, -0.2) is 5.01 Å². The van der Waals surface area contributed by atoms with Crippen molar-refractivity contribution in [3.05, 3.63) is 28.8 Å². The molecule has 0 spiro atoms. The largest absolute Gasteiger partial charge is 0.507 e. The van der Waals surface area contributed by atoms with Crippen LogP contribution in [-0.4, -0.2) is 28.3 Å². The molecule has 1 aromatic rings. The molecule has 0 aliphatic heterocycles. The Morgan fingerprint density at radius 1 is 0.917 bits per heavy atom. The summed E-state index contributed by atoms with van der Waals surface area (Å²) in [7, 11) is 0. The molecule has 0 aliphatic carbocycles. The maximum absolute atomic E-state index is 11.3. The number of carbonyl (C=O) groups is 1. The van der Waals surface area contributed by atoms with Gasteiger partial charge >= 0.3 is 0 Å². The second kappa shape index (κ2) is 6.58. The molecule has 1 amide bonds. The first kappa shape index (κ1) is 20.2. The van der Waals surface area contributed by atoms with Gasteiger partial charge in [-0.2, -0.15) is 5.10 Å². The molecule has 0 aliphatic rings. The van der Waals surface area contributed by atoms with Crippen LogP contribution in [0.15, 0.2) is 17.2 Å². The van der Waals surface area contributed by atoms with E-state index >= 15 is 0 Å². The zero-order valence-electron chi connectivity index (χ0n) is 16.6. The lowest BCUT2D eigenvalue weighted by molar-refractivity contribution is -0.122. The number of amides is 1. The second-order valence-corrected chi connectivity index (χ2v) is 9.33. The van der Waals surface area contributed by atoms with Crippen LogP contribution >= 0.6 is 0 Å². The van der Waals surface area contributed by atoms with E-state index < -0.39 is 0 Å². The summed E-state index contributed by atoms with van der Waals surface area (Å²) in [4.78, 5) is 11.3. The van der Waals surface area contributed by atoms with Crippen molar-refractivity contribution < 1.29 is 9.90 Å². The summed E-state index contributed by atoms with van der Waals surface area (Å²) in [6.45, 7) is 18.2. The van der Waals surface area contributed by atoms with Crippen molar-refractivity contribution >= 4 is 12.6 Å². The van der Waals surface area contributed by atoms with E-state index in [0.717, 1.165) is 23.1 Å². The van der Waals surface area contributed by atoms with Gasteiger partial charge in [0.05, 0.1) is 11.8 Å². The quantitative estimate of drug-likeness (QED) is 0.500. The molecule has 4 nitrogen and oxygen atoms in total. The molecule has 134 valence electrons. The topological polar surface area (TPSA) is 52.9 Å². The zero-order valence-corrected chi connectivity index (χ0v) is 16.6. The summed E-state index contributed by atoms with van der Waals surface area (Å²) in [6, 6.07) is 3.89. The molecule has 0 radical (unpaired) electrons. The molecule has 0 fully saturated rings. The number of hydrogen-bond acceptors (Lipinski definition) is 3. The molecule has 0 aromatic heterocycles. The summed E-state index contributed by atoms with van der Waals surface area (Å²) in [5.41, 5.74) is 1.87. The van der Waals surface area contributed by atoms with Crippen molar-refractivity contribution in [1.82, 2.24) is 5.01 Å². The molecule has 1 aromatic carbocycles. The van der Waals surface area contributed by atoms with Gasteiger partial charge in [-0.15, -0.1) is 0 Å². The molecule has 0 atom stereocenters. The summed E-state index contributed by atoms with van der Waals surface area (Å²) in [5, 5.41) is 16.4. The number of hydrazone groups is 1. The van der Waals surface area contributed by atoms with Crippen LogP contribution in [0.3, 0.4) is 0 Å². The number of phenols is 1. The van der Waals surface area contributed by atoms with Gasteiger partial charge in [0, 0.05) is 11.1 Å². The minimum atomic E-state index is -0.380.